The van der Waals surface area contributed by atoms with Gasteiger partial charge in [-0.05, 0) is 23.8 Å². The Morgan fingerprint density at radius 2 is 1.84 bits per heavy atom. The Kier molecular flexibility index (Phi) is 4.56. The first-order valence-corrected chi connectivity index (χ1v) is 7.56. The standard InChI is InChI=1S/C14H13ClFNOS/c15-12-5-2-1-4-10(12)8-19(18)9-11-13(16)6-3-7-14(11)17/h1-7H,8-9,17H2. The first-order valence-electron chi connectivity index (χ1n) is 5.69. The van der Waals surface area contributed by atoms with Crippen molar-refractivity contribution >= 4 is 28.1 Å². The van der Waals surface area contributed by atoms with Gasteiger partial charge in [-0.25, -0.2) is 4.39 Å². The fraction of sp³-hybridized carbons (Fsp3) is 0.143. The average Bonchev–Trinajstić information content (AvgIpc) is 2.37. The summed E-state index contributed by atoms with van der Waals surface area (Å²) in [6.45, 7) is 0. The Bertz CT molecular complexity index is 598. The maximum atomic E-state index is 13.6. The zero-order valence-corrected chi connectivity index (χ0v) is 11.7. The fourth-order valence-corrected chi connectivity index (χ4v) is 3.34. The van der Waals surface area contributed by atoms with Crippen LogP contribution >= 0.6 is 11.6 Å². The normalized spacial score (nSPS) is 12.3. The Hall–Kier alpha value is -1.39. The van der Waals surface area contributed by atoms with E-state index in [2.05, 4.69) is 0 Å². The van der Waals surface area contributed by atoms with Crippen molar-refractivity contribution in [1.82, 2.24) is 0 Å². The van der Waals surface area contributed by atoms with Crippen molar-refractivity contribution in [3.63, 3.8) is 0 Å². The lowest BCUT2D eigenvalue weighted by atomic mass is 10.2. The molecular formula is C14H13ClFNOS. The Morgan fingerprint density at radius 1 is 1.11 bits per heavy atom. The molecule has 0 amide bonds. The summed E-state index contributed by atoms with van der Waals surface area (Å²) >= 11 is 6.00. The number of hydrogen-bond donors (Lipinski definition) is 1. The number of nitrogen functional groups attached to an aromatic ring is 1. The maximum Gasteiger partial charge on any atom is 0.129 e. The van der Waals surface area contributed by atoms with E-state index in [-0.39, 0.29) is 11.5 Å². The number of nitrogens with two attached hydrogens (primary N) is 1. The van der Waals surface area contributed by atoms with Crippen LogP contribution in [0, 0.1) is 5.82 Å². The van der Waals surface area contributed by atoms with E-state index in [1.54, 1.807) is 12.1 Å². The molecule has 5 heteroatoms. The molecule has 0 saturated heterocycles. The van der Waals surface area contributed by atoms with Gasteiger partial charge in [-0.3, -0.25) is 4.21 Å². The van der Waals surface area contributed by atoms with Crippen LogP contribution in [0.2, 0.25) is 5.02 Å². The van der Waals surface area contributed by atoms with E-state index < -0.39 is 16.6 Å². The summed E-state index contributed by atoms with van der Waals surface area (Å²) < 4.78 is 25.7. The highest BCUT2D eigenvalue weighted by Gasteiger charge is 2.11. The van der Waals surface area contributed by atoms with Gasteiger partial charge in [0.05, 0.1) is 11.5 Å². The summed E-state index contributed by atoms with van der Waals surface area (Å²) in [5.74, 6) is -0.0514. The molecule has 0 aliphatic rings. The molecule has 0 saturated carbocycles. The third-order valence-electron chi connectivity index (χ3n) is 2.73. The summed E-state index contributed by atoms with van der Waals surface area (Å²) in [5, 5.41) is 0.567. The summed E-state index contributed by atoms with van der Waals surface area (Å²) in [6.07, 6.45) is 0. The molecule has 100 valence electrons. The molecule has 2 aromatic rings. The maximum absolute atomic E-state index is 13.6. The number of rotatable bonds is 4. The first-order chi connectivity index (χ1) is 9.08. The van der Waals surface area contributed by atoms with Crippen LogP contribution in [0.3, 0.4) is 0 Å². The van der Waals surface area contributed by atoms with Gasteiger partial charge < -0.3 is 5.73 Å². The second kappa shape index (κ2) is 6.17. The predicted octanol–water partition coefficient (Wildman–Crippen LogP) is 3.51. The van der Waals surface area contributed by atoms with Crippen molar-refractivity contribution < 1.29 is 8.60 Å². The highest BCUT2D eigenvalue weighted by atomic mass is 35.5. The molecular weight excluding hydrogens is 285 g/mol. The lowest BCUT2D eigenvalue weighted by Gasteiger charge is -2.08. The van der Waals surface area contributed by atoms with Crippen molar-refractivity contribution in [3.05, 3.63) is 64.4 Å². The van der Waals surface area contributed by atoms with Gasteiger partial charge in [0, 0.05) is 27.1 Å². The fourth-order valence-electron chi connectivity index (χ4n) is 1.73. The average molecular weight is 298 g/mol. The van der Waals surface area contributed by atoms with Crippen LogP contribution in [-0.2, 0) is 22.3 Å². The molecule has 0 radical (unpaired) electrons. The molecule has 2 N–H and O–H groups in total. The van der Waals surface area contributed by atoms with E-state index in [0.717, 1.165) is 5.56 Å². The van der Waals surface area contributed by atoms with Gasteiger partial charge in [0.25, 0.3) is 0 Å². The molecule has 2 aromatic carbocycles. The van der Waals surface area contributed by atoms with E-state index in [1.807, 2.05) is 18.2 Å². The van der Waals surface area contributed by atoms with E-state index in [0.29, 0.717) is 16.3 Å². The van der Waals surface area contributed by atoms with Gasteiger partial charge in [0.1, 0.15) is 5.82 Å². The van der Waals surface area contributed by atoms with Gasteiger partial charge in [0.15, 0.2) is 0 Å². The van der Waals surface area contributed by atoms with E-state index in [4.69, 9.17) is 17.3 Å². The van der Waals surface area contributed by atoms with Crippen LogP contribution in [0.15, 0.2) is 42.5 Å². The Labute approximate surface area is 118 Å². The molecule has 0 bridgehead atoms. The van der Waals surface area contributed by atoms with Crippen molar-refractivity contribution in [2.45, 2.75) is 11.5 Å². The second-order valence-electron chi connectivity index (χ2n) is 4.13. The molecule has 0 aromatic heterocycles. The number of anilines is 1. The monoisotopic (exact) mass is 297 g/mol. The minimum atomic E-state index is -1.26. The van der Waals surface area contributed by atoms with Crippen molar-refractivity contribution in [2.75, 3.05) is 5.73 Å². The summed E-state index contributed by atoms with van der Waals surface area (Å²) in [4.78, 5) is 0. The number of halogens is 2. The molecule has 19 heavy (non-hydrogen) atoms. The van der Waals surface area contributed by atoms with Gasteiger partial charge in [-0.15, -0.1) is 0 Å². The van der Waals surface area contributed by atoms with Gasteiger partial charge in [-0.1, -0.05) is 35.9 Å². The number of hydrogen-bond acceptors (Lipinski definition) is 2. The minimum absolute atomic E-state index is 0.0870. The van der Waals surface area contributed by atoms with Crippen molar-refractivity contribution in [1.29, 1.82) is 0 Å². The van der Waals surface area contributed by atoms with Crippen LogP contribution in [0.4, 0.5) is 10.1 Å². The molecule has 1 atom stereocenters. The van der Waals surface area contributed by atoms with Gasteiger partial charge >= 0.3 is 0 Å². The third-order valence-corrected chi connectivity index (χ3v) is 4.35. The highest BCUT2D eigenvalue weighted by molar-refractivity contribution is 7.83. The SMILES string of the molecule is Nc1cccc(F)c1CS(=O)Cc1ccccc1Cl. The van der Waals surface area contributed by atoms with Crippen molar-refractivity contribution in [2.24, 2.45) is 0 Å². The zero-order valence-electron chi connectivity index (χ0n) is 10.1. The molecule has 1 unspecified atom stereocenters. The summed E-state index contributed by atoms with van der Waals surface area (Å²) in [5.41, 5.74) is 7.11. The molecule has 0 aliphatic heterocycles. The molecule has 0 aliphatic carbocycles. The summed E-state index contributed by atoms with van der Waals surface area (Å²) in [7, 11) is -1.26. The smallest absolute Gasteiger partial charge is 0.129 e. The lowest BCUT2D eigenvalue weighted by Crippen LogP contribution is -2.05. The quantitative estimate of drug-likeness (QED) is 0.878. The summed E-state index contributed by atoms with van der Waals surface area (Å²) in [6, 6.07) is 11.6. The third kappa shape index (κ3) is 3.55. The first kappa shape index (κ1) is 14.0. The minimum Gasteiger partial charge on any atom is -0.398 e. The second-order valence-corrected chi connectivity index (χ2v) is 5.99. The highest BCUT2D eigenvalue weighted by Crippen LogP contribution is 2.21. The van der Waals surface area contributed by atoms with Crippen LogP contribution < -0.4 is 5.73 Å². The van der Waals surface area contributed by atoms with E-state index in [9.17, 15) is 8.60 Å². The number of benzene rings is 2. The van der Waals surface area contributed by atoms with Crippen LogP contribution in [0.5, 0.6) is 0 Å². The van der Waals surface area contributed by atoms with Gasteiger partial charge in [-0.2, -0.15) is 0 Å². The van der Waals surface area contributed by atoms with E-state index >= 15 is 0 Å². The molecule has 0 heterocycles. The molecule has 2 nitrogen and oxygen atoms in total. The molecule has 2 rings (SSSR count). The van der Waals surface area contributed by atoms with Crippen LogP contribution in [-0.4, -0.2) is 4.21 Å². The zero-order chi connectivity index (χ0) is 13.8. The molecule has 0 fully saturated rings. The largest absolute Gasteiger partial charge is 0.398 e. The predicted molar refractivity (Wildman–Crippen MR) is 77.8 cm³/mol. The Balaban J connectivity index is 2.12. The Morgan fingerprint density at radius 3 is 2.53 bits per heavy atom. The topological polar surface area (TPSA) is 43.1 Å². The molecule has 0 spiro atoms. The van der Waals surface area contributed by atoms with Gasteiger partial charge in [0.2, 0.25) is 0 Å². The van der Waals surface area contributed by atoms with Crippen LogP contribution in [0.25, 0.3) is 0 Å². The van der Waals surface area contributed by atoms with Crippen LogP contribution in [0.1, 0.15) is 11.1 Å². The van der Waals surface area contributed by atoms with Crippen molar-refractivity contribution in [3.8, 4) is 0 Å². The lowest BCUT2D eigenvalue weighted by molar-refractivity contribution is 0.616. The van der Waals surface area contributed by atoms with E-state index in [1.165, 1.54) is 12.1 Å².